The molecule has 0 aromatic heterocycles. The van der Waals surface area contributed by atoms with Crippen molar-refractivity contribution >= 4 is 21.6 Å². The van der Waals surface area contributed by atoms with Crippen molar-refractivity contribution in [3.8, 4) is 0 Å². The lowest BCUT2D eigenvalue weighted by Gasteiger charge is -2.16. The molecule has 4 nitrogen and oxygen atoms in total. The second-order valence-electron chi connectivity index (χ2n) is 4.95. The number of rotatable bonds is 7. The third kappa shape index (κ3) is 5.18. The molecule has 1 aromatic rings. The van der Waals surface area contributed by atoms with Gasteiger partial charge < -0.3 is 19.9 Å². The highest BCUT2D eigenvalue weighted by atomic mass is 79.9. The number of aliphatic hydroxyl groups is 1. The first-order valence-corrected chi connectivity index (χ1v) is 7.61. The van der Waals surface area contributed by atoms with Crippen LogP contribution in [0, 0.1) is 11.6 Å². The van der Waals surface area contributed by atoms with Crippen LogP contribution in [0.15, 0.2) is 16.6 Å². The fraction of sp³-hybridized carbons (Fsp3) is 0.571. The lowest BCUT2D eigenvalue weighted by Crippen LogP contribution is -2.27. The summed E-state index contributed by atoms with van der Waals surface area (Å²) in [5, 5.41) is 12.5. The molecular weight excluding hydrogens is 348 g/mol. The average molecular weight is 366 g/mol. The van der Waals surface area contributed by atoms with Crippen molar-refractivity contribution in [1.82, 2.24) is 0 Å². The Bertz CT molecular complexity index is 447. The van der Waals surface area contributed by atoms with E-state index in [1.165, 1.54) is 0 Å². The second-order valence-corrected chi connectivity index (χ2v) is 5.81. The first-order chi connectivity index (χ1) is 10.1. The molecule has 2 rings (SSSR count). The van der Waals surface area contributed by atoms with Crippen LogP contribution in [-0.2, 0) is 9.47 Å². The van der Waals surface area contributed by atoms with Gasteiger partial charge in [0.25, 0.3) is 0 Å². The van der Waals surface area contributed by atoms with Gasteiger partial charge in [0.15, 0.2) is 0 Å². The summed E-state index contributed by atoms with van der Waals surface area (Å²) in [4.78, 5) is 0. The SMILES string of the molecule is OC(CNc1c(F)cc(F)cc1Br)COCC1CCCO1. The molecule has 1 fully saturated rings. The van der Waals surface area contributed by atoms with Crippen LogP contribution in [0.1, 0.15) is 12.8 Å². The van der Waals surface area contributed by atoms with Crippen LogP contribution in [0.2, 0.25) is 0 Å². The molecule has 0 bridgehead atoms. The van der Waals surface area contributed by atoms with Gasteiger partial charge in [-0.3, -0.25) is 0 Å². The summed E-state index contributed by atoms with van der Waals surface area (Å²) in [6.07, 6.45) is 1.33. The summed E-state index contributed by atoms with van der Waals surface area (Å²) in [5.74, 6) is -1.38. The van der Waals surface area contributed by atoms with Gasteiger partial charge in [-0.05, 0) is 34.8 Å². The molecule has 0 saturated carbocycles. The van der Waals surface area contributed by atoms with Crippen molar-refractivity contribution in [1.29, 1.82) is 0 Å². The minimum Gasteiger partial charge on any atom is -0.389 e. The number of nitrogens with one attached hydrogen (secondary N) is 1. The zero-order chi connectivity index (χ0) is 15.2. The number of halogens is 3. The van der Waals surface area contributed by atoms with E-state index in [1.54, 1.807) is 0 Å². The third-order valence-electron chi connectivity index (χ3n) is 3.16. The normalized spacial score (nSPS) is 19.7. The fourth-order valence-electron chi connectivity index (χ4n) is 2.10. The number of hydrogen-bond donors (Lipinski definition) is 2. The summed E-state index contributed by atoms with van der Waals surface area (Å²) < 4.78 is 37.5. The zero-order valence-electron chi connectivity index (χ0n) is 11.4. The minimum atomic E-state index is -0.789. The van der Waals surface area contributed by atoms with E-state index in [9.17, 15) is 13.9 Å². The van der Waals surface area contributed by atoms with Crippen LogP contribution in [-0.4, -0.2) is 43.7 Å². The van der Waals surface area contributed by atoms with Crippen LogP contribution in [0.25, 0.3) is 0 Å². The molecule has 118 valence electrons. The maximum Gasteiger partial charge on any atom is 0.150 e. The Morgan fingerprint density at radius 2 is 2.29 bits per heavy atom. The largest absolute Gasteiger partial charge is 0.389 e. The van der Waals surface area contributed by atoms with E-state index in [1.807, 2.05) is 0 Å². The Balaban J connectivity index is 1.72. The standard InChI is InChI=1S/C14H18BrF2NO3/c15-12-4-9(16)5-13(17)14(12)18-6-10(19)7-20-8-11-2-1-3-21-11/h4-5,10-11,18-19H,1-3,6-8H2. The van der Waals surface area contributed by atoms with Gasteiger partial charge in [-0.25, -0.2) is 8.78 Å². The van der Waals surface area contributed by atoms with Crippen LogP contribution in [0.5, 0.6) is 0 Å². The molecule has 1 aliphatic heterocycles. The van der Waals surface area contributed by atoms with E-state index in [4.69, 9.17) is 9.47 Å². The molecular formula is C14H18BrF2NO3. The molecule has 21 heavy (non-hydrogen) atoms. The lowest BCUT2D eigenvalue weighted by atomic mass is 10.2. The first-order valence-electron chi connectivity index (χ1n) is 6.82. The zero-order valence-corrected chi connectivity index (χ0v) is 13.0. The molecule has 2 atom stereocenters. The van der Waals surface area contributed by atoms with Crippen LogP contribution in [0.4, 0.5) is 14.5 Å². The van der Waals surface area contributed by atoms with Crippen LogP contribution >= 0.6 is 15.9 Å². The molecule has 1 aromatic carbocycles. The number of anilines is 1. The molecule has 1 heterocycles. The van der Waals surface area contributed by atoms with Gasteiger partial charge in [0, 0.05) is 23.7 Å². The smallest absolute Gasteiger partial charge is 0.150 e. The third-order valence-corrected chi connectivity index (χ3v) is 3.78. The molecule has 0 radical (unpaired) electrons. The van der Waals surface area contributed by atoms with Gasteiger partial charge in [-0.1, -0.05) is 0 Å². The van der Waals surface area contributed by atoms with E-state index in [0.717, 1.165) is 31.6 Å². The minimum absolute atomic E-state index is 0.104. The topological polar surface area (TPSA) is 50.7 Å². The van der Waals surface area contributed by atoms with Crippen molar-refractivity contribution in [2.24, 2.45) is 0 Å². The average Bonchev–Trinajstić information content (AvgIpc) is 2.90. The fourth-order valence-corrected chi connectivity index (χ4v) is 2.65. The highest BCUT2D eigenvalue weighted by Crippen LogP contribution is 2.26. The maximum absolute atomic E-state index is 13.6. The van der Waals surface area contributed by atoms with Gasteiger partial charge in [0.05, 0.1) is 31.1 Å². The molecule has 0 aliphatic carbocycles. The highest BCUT2D eigenvalue weighted by Gasteiger charge is 2.16. The number of aliphatic hydroxyl groups excluding tert-OH is 1. The maximum atomic E-state index is 13.6. The molecule has 7 heteroatoms. The summed E-state index contributed by atoms with van der Waals surface area (Å²) in [7, 11) is 0. The van der Waals surface area contributed by atoms with Gasteiger partial charge in [-0.2, -0.15) is 0 Å². The highest BCUT2D eigenvalue weighted by molar-refractivity contribution is 9.10. The van der Waals surface area contributed by atoms with Crippen LogP contribution < -0.4 is 5.32 Å². The number of benzene rings is 1. The van der Waals surface area contributed by atoms with Crippen molar-refractivity contribution in [3.63, 3.8) is 0 Å². The lowest BCUT2D eigenvalue weighted by molar-refractivity contribution is -0.0137. The van der Waals surface area contributed by atoms with E-state index >= 15 is 0 Å². The Labute approximate surface area is 130 Å². The predicted molar refractivity (Wildman–Crippen MR) is 78.3 cm³/mol. The van der Waals surface area contributed by atoms with E-state index in [-0.39, 0.29) is 29.4 Å². The van der Waals surface area contributed by atoms with E-state index < -0.39 is 17.7 Å². The number of ether oxygens (including phenoxy) is 2. The molecule has 1 aliphatic rings. The summed E-state index contributed by atoms with van der Waals surface area (Å²) >= 11 is 3.07. The van der Waals surface area contributed by atoms with Crippen molar-refractivity contribution in [2.45, 2.75) is 25.0 Å². The molecule has 2 unspecified atom stereocenters. The first kappa shape index (κ1) is 16.6. The van der Waals surface area contributed by atoms with Gasteiger partial charge >= 0.3 is 0 Å². The Hall–Kier alpha value is -0.760. The van der Waals surface area contributed by atoms with E-state index in [2.05, 4.69) is 21.2 Å². The molecule has 2 N–H and O–H groups in total. The Morgan fingerprint density at radius 3 is 2.95 bits per heavy atom. The summed E-state index contributed by atoms with van der Waals surface area (Å²) in [6, 6.07) is 1.94. The number of hydrogen-bond acceptors (Lipinski definition) is 4. The molecule has 0 amide bonds. The van der Waals surface area contributed by atoms with Gasteiger partial charge in [0.1, 0.15) is 11.6 Å². The quantitative estimate of drug-likeness (QED) is 0.779. The van der Waals surface area contributed by atoms with Crippen molar-refractivity contribution in [2.75, 3.05) is 31.7 Å². The molecule has 0 spiro atoms. The summed E-state index contributed by atoms with van der Waals surface area (Å²) in [5.41, 5.74) is 0.120. The predicted octanol–water partition coefficient (Wildman–Crippen LogP) is 2.70. The summed E-state index contributed by atoms with van der Waals surface area (Å²) in [6.45, 7) is 1.45. The van der Waals surface area contributed by atoms with Crippen molar-refractivity contribution < 1.29 is 23.4 Å². The Morgan fingerprint density at radius 1 is 1.48 bits per heavy atom. The monoisotopic (exact) mass is 365 g/mol. The van der Waals surface area contributed by atoms with Crippen molar-refractivity contribution in [3.05, 3.63) is 28.2 Å². The Kier molecular flexibility index (Phi) is 6.35. The molecule has 1 saturated heterocycles. The van der Waals surface area contributed by atoms with Gasteiger partial charge in [-0.15, -0.1) is 0 Å². The van der Waals surface area contributed by atoms with Gasteiger partial charge in [0.2, 0.25) is 0 Å². The van der Waals surface area contributed by atoms with Crippen LogP contribution in [0.3, 0.4) is 0 Å². The van der Waals surface area contributed by atoms with E-state index in [0.29, 0.717) is 6.61 Å². The second kappa shape index (κ2) is 8.03.